The first kappa shape index (κ1) is 24.2. The van der Waals surface area contributed by atoms with E-state index in [0.717, 1.165) is 5.57 Å². The monoisotopic (exact) mass is 484 g/mol. The Hall–Kier alpha value is -3.89. The summed E-state index contributed by atoms with van der Waals surface area (Å²) < 4.78 is 41.4. The summed E-state index contributed by atoms with van der Waals surface area (Å²) in [6, 6.07) is 5.60. The molecule has 0 aliphatic carbocycles. The molecule has 0 saturated heterocycles. The van der Waals surface area contributed by atoms with Gasteiger partial charge in [-0.25, -0.2) is 18.3 Å². The molecular weight excluding hydrogens is 458 g/mol. The number of carbonyl (C=O) groups excluding carboxylic acids is 1. The van der Waals surface area contributed by atoms with E-state index in [-0.39, 0.29) is 30.1 Å². The summed E-state index contributed by atoms with van der Waals surface area (Å²) in [5, 5.41) is 10.7. The summed E-state index contributed by atoms with van der Waals surface area (Å²) in [7, 11) is 0. The first-order valence-electron chi connectivity index (χ1n) is 11.1. The van der Waals surface area contributed by atoms with Gasteiger partial charge in [0.15, 0.2) is 11.6 Å². The SMILES string of the molecule is CC1CN(C(=O)OC(C)(C)C)CC=C1c1cnc(COc2ccc(-n3cnnn3)cc2F)c(F)c1. The number of hydrogen-bond donors (Lipinski definition) is 0. The van der Waals surface area contributed by atoms with Crippen LogP contribution in [0.25, 0.3) is 11.3 Å². The first-order chi connectivity index (χ1) is 16.6. The lowest BCUT2D eigenvalue weighted by molar-refractivity contribution is 0.0251. The molecule has 0 radical (unpaired) electrons. The van der Waals surface area contributed by atoms with Crippen molar-refractivity contribution in [2.45, 2.75) is 39.9 Å². The molecule has 1 aromatic carbocycles. The molecule has 184 valence electrons. The van der Waals surface area contributed by atoms with E-state index >= 15 is 0 Å². The van der Waals surface area contributed by atoms with Crippen LogP contribution in [0, 0.1) is 17.6 Å². The molecule has 2 aromatic heterocycles. The average molecular weight is 485 g/mol. The largest absolute Gasteiger partial charge is 0.484 e. The molecule has 3 aromatic rings. The maximum atomic E-state index is 14.8. The number of nitrogens with zero attached hydrogens (tertiary/aromatic N) is 6. The second-order valence-corrected chi connectivity index (χ2v) is 9.26. The minimum Gasteiger partial charge on any atom is -0.484 e. The molecule has 0 fully saturated rings. The second kappa shape index (κ2) is 9.77. The van der Waals surface area contributed by atoms with Crippen molar-refractivity contribution in [1.29, 1.82) is 0 Å². The third-order valence-corrected chi connectivity index (χ3v) is 5.35. The van der Waals surface area contributed by atoms with Crippen LogP contribution in [0.4, 0.5) is 13.6 Å². The van der Waals surface area contributed by atoms with Crippen LogP contribution in [-0.4, -0.2) is 54.9 Å². The molecule has 0 saturated carbocycles. The van der Waals surface area contributed by atoms with Gasteiger partial charge in [0.05, 0.1) is 5.69 Å². The standard InChI is InChI=1S/C24H26F2N6O3/c1-15-12-31(23(33)35-24(2,3)4)8-7-18(15)16-9-19(25)21(27-11-16)13-34-22-6-5-17(10-20(22)26)32-14-28-29-30-32/h5-7,9-11,14-15H,8,12-13H2,1-4H3. The number of carbonyl (C=O) groups is 1. The van der Waals surface area contributed by atoms with Gasteiger partial charge in [-0.15, -0.1) is 5.10 Å². The van der Waals surface area contributed by atoms with Gasteiger partial charge in [0, 0.05) is 25.4 Å². The van der Waals surface area contributed by atoms with E-state index in [4.69, 9.17) is 9.47 Å². The number of hydrogen-bond acceptors (Lipinski definition) is 7. The molecule has 1 aliphatic rings. The maximum Gasteiger partial charge on any atom is 0.410 e. The summed E-state index contributed by atoms with van der Waals surface area (Å²) in [6.45, 7) is 7.99. The highest BCUT2D eigenvalue weighted by atomic mass is 19.1. The summed E-state index contributed by atoms with van der Waals surface area (Å²) in [4.78, 5) is 18.2. The molecule has 1 amide bonds. The fourth-order valence-electron chi connectivity index (χ4n) is 3.70. The van der Waals surface area contributed by atoms with Crippen molar-refractivity contribution in [2.75, 3.05) is 13.1 Å². The van der Waals surface area contributed by atoms with Crippen LogP contribution >= 0.6 is 0 Å². The van der Waals surface area contributed by atoms with Gasteiger partial charge in [-0.1, -0.05) is 13.0 Å². The second-order valence-electron chi connectivity index (χ2n) is 9.26. The number of pyridine rings is 1. The van der Waals surface area contributed by atoms with E-state index < -0.39 is 17.2 Å². The zero-order chi connectivity index (χ0) is 25.2. The maximum absolute atomic E-state index is 14.8. The molecule has 0 bridgehead atoms. The summed E-state index contributed by atoms with van der Waals surface area (Å²) >= 11 is 0. The van der Waals surface area contributed by atoms with Crippen molar-refractivity contribution in [1.82, 2.24) is 30.1 Å². The van der Waals surface area contributed by atoms with E-state index in [1.54, 1.807) is 17.2 Å². The van der Waals surface area contributed by atoms with Crippen molar-refractivity contribution >= 4 is 11.7 Å². The molecule has 0 N–H and O–H groups in total. The molecule has 11 heteroatoms. The number of ether oxygens (including phenoxy) is 2. The van der Waals surface area contributed by atoms with Crippen LogP contribution in [0.5, 0.6) is 5.75 Å². The summed E-state index contributed by atoms with van der Waals surface area (Å²) in [5.41, 5.74) is 1.42. The summed E-state index contributed by atoms with van der Waals surface area (Å²) in [5.74, 6) is -1.27. The Bertz CT molecular complexity index is 1240. The van der Waals surface area contributed by atoms with Gasteiger partial charge < -0.3 is 14.4 Å². The highest BCUT2D eigenvalue weighted by Crippen LogP contribution is 2.29. The first-order valence-corrected chi connectivity index (χ1v) is 11.1. The summed E-state index contributed by atoms with van der Waals surface area (Å²) in [6.07, 6.45) is 4.40. The third-order valence-electron chi connectivity index (χ3n) is 5.35. The van der Waals surface area contributed by atoms with Crippen molar-refractivity contribution in [3.05, 3.63) is 65.8 Å². The van der Waals surface area contributed by atoms with E-state index in [2.05, 4.69) is 20.5 Å². The molecule has 0 spiro atoms. The predicted molar refractivity (Wildman–Crippen MR) is 123 cm³/mol. The molecule has 35 heavy (non-hydrogen) atoms. The average Bonchev–Trinajstić information content (AvgIpc) is 3.33. The van der Waals surface area contributed by atoms with E-state index in [0.29, 0.717) is 24.3 Å². The Kier molecular flexibility index (Phi) is 6.77. The van der Waals surface area contributed by atoms with Crippen molar-refractivity contribution < 1.29 is 23.0 Å². The molecule has 3 heterocycles. The highest BCUT2D eigenvalue weighted by molar-refractivity contribution is 5.73. The van der Waals surface area contributed by atoms with E-state index in [9.17, 15) is 13.6 Å². The number of tetrazole rings is 1. The molecule has 1 aliphatic heterocycles. The number of rotatable bonds is 5. The quantitative estimate of drug-likeness (QED) is 0.536. The van der Waals surface area contributed by atoms with Crippen molar-refractivity contribution in [3.8, 4) is 11.4 Å². The molecule has 1 unspecified atom stereocenters. The van der Waals surface area contributed by atoms with Crippen LogP contribution in [-0.2, 0) is 11.3 Å². The Labute approximate surface area is 201 Å². The van der Waals surface area contributed by atoms with Gasteiger partial charge >= 0.3 is 6.09 Å². The molecule has 9 nitrogen and oxygen atoms in total. The van der Waals surface area contributed by atoms with E-state index in [1.807, 2.05) is 33.8 Å². The zero-order valence-electron chi connectivity index (χ0n) is 19.9. The fraction of sp³-hybridized carbons (Fsp3) is 0.375. The Balaban J connectivity index is 1.41. The topological polar surface area (TPSA) is 95.3 Å². The van der Waals surface area contributed by atoms with Crippen LogP contribution in [0.1, 0.15) is 39.0 Å². The van der Waals surface area contributed by atoms with Gasteiger partial charge in [-0.2, -0.15) is 0 Å². The Morgan fingerprint density at radius 3 is 2.63 bits per heavy atom. The van der Waals surface area contributed by atoms with Crippen molar-refractivity contribution in [2.24, 2.45) is 5.92 Å². The predicted octanol–water partition coefficient (Wildman–Crippen LogP) is 4.18. The fourth-order valence-corrected chi connectivity index (χ4v) is 3.70. The van der Waals surface area contributed by atoms with Crippen LogP contribution in [0.3, 0.4) is 0 Å². The minimum absolute atomic E-state index is 0.0348. The number of benzene rings is 1. The molecule has 1 atom stereocenters. The zero-order valence-corrected chi connectivity index (χ0v) is 19.9. The highest BCUT2D eigenvalue weighted by Gasteiger charge is 2.27. The van der Waals surface area contributed by atoms with E-state index in [1.165, 1.54) is 29.2 Å². The normalized spacial score (nSPS) is 16.1. The van der Waals surface area contributed by atoms with Crippen molar-refractivity contribution in [3.63, 3.8) is 0 Å². The van der Waals surface area contributed by atoms with Gasteiger partial charge in [0.25, 0.3) is 0 Å². The van der Waals surface area contributed by atoms with Gasteiger partial charge in [-0.05, 0) is 66.5 Å². The Morgan fingerprint density at radius 1 is 1.20 bits per heavy atom. The number of halogens is 2. The Morgan fingerprint density at radius 2 is 2.00 bits per heavy atom. The lowest BCUT2D eigenvalue weighted by Crippen LogP contribution is -2.41. The number of aromatic nitrogens is 5. The minimum atomic E-state index is -0.634. The van der Waals surface area contributed by atoms with Gasteiger partial charge in [0.2, 0.25) is 0 Å². The molecule has 4 rings (SSSR count). The third kappa shape index (κ3) is 5.79. The number of amides is 1. The lowest BCUT2D eigenvalue weighted by atomic mass is 9.91. The van der Waals surface area contributed by atoms with Crippen LogP contribution in [0.2, 0.25) is 0 Å². The molecular formula is C24H26F2N6O3. The van der Waals surface area contributed by atoms with Crippen LogP contribution in [0.15, 0.2) is 42.9 Å². The smallest absolute Gasteiger partial charge is 0.410 e. The lowest BCUT2D eigenvalue weighted by Gasteiger charge is -2.33. The van der Waals surface area contributed by atoms with Crippen LogP contribution < -0.4 is 4.74 Å². The van der Waals surface area contributed by atoms with Gasteiger partial charge in [-0.3, -0.25) is 4.98 Å². The van der Waals surface area contributed by atoms with Gasteiger partial charge in [0.1, 0.15) is 30.0 Å².